The molecule has 3 aromatic carbocycles. The predicted octanol–water partition coefficient (Wildman–Crippen LogP) is 2.53. The van der Waals surface area contributed by atoms with Gasteiger partial charge in [0.15, 0.2) is 0 Å². The molecule has 0 spiro atoms. The molecule has 3 aromatic rings. The average Bonchev–Trinajstić information content (AvgIpc) is 2.85. The summed E-state index contributed by atoms with van der Waals surface area (Å²) in [5, 5.41) is 18.9. The van der Waals surface area contributed by atoms with Crippen molar-refractivity contribution >= 4 is 0 Å². The highest BCUT2D eigenvalue weighted by molar-refractivity contribution is 5.49. The zero-order valence-electron chi connectivity index (χ0n) is 18.7. The van der Waals surface area contributed by atoms with Crippen LogP contribution in [0.25, 0.3) is 0 Å². The standard InChI is InChI=1S/C27H35N3O2/c28-16-17-30(19-18-29(20-22-31)21-23-32)27(24-10-4-1-5-11-24,25-12-6-2-7-13-25)26-14-8-3-9-15-26/h1-15,31-32H,16-23,28H2. The first-order chi connectivity index (χ1) is 15.8. The third kappa shape index (κ3) is 5.44. The van der Waals surface area contributed by atoms with Crippen molar-refractivity contribution in [3.8, 4) is 0 Å². The molecule has 0 radical (unpaired) electrons. The molecule has 0 aliphatic carbocycles. The van der Waals surface area contributed by atoms with Crippen LogP contribution in [0.1, 0.15) is 16.7 Å². The van der Waals surface area contributed by atoms with Gasteiger partial charge in [0.25, 0.3) is 0 Å². The van der Waals surface area contributed by atoms with Crippen molar-refractivity contribution < 1.29 is 10.2 Å². The molecule has 0 fully saturated rings. The lowest BCUT2D eigenvalue weighted by molar-refractivity contribution is 0.111. The van der Waals surface area contributed by atoms with E-state index >= 15 is 0 Å². The number of nitrogens with two attached hydrogens (primary N) is 1. The topological polar surface area (TPSA) is 73.0 Å². The molecule has 5 nitrogen and oxygen atoms in total. The van der Waals surface area contributed by atoms with Crippen LogP contribution in [0.15, 0.2) is 91.0 Å². The van der Waals surface area contributed by atoms with Gasteiger partial charge < -0.3 is 15.9 Å². The van der Waals surface area contributed by atoms with E-state index in [9.17, 15) is 10.2 Å². The number of nitrogens with zero attached hydrogens (tertiary/aromatic N) is 2. The molecule has 3 rings (SSSR count). The van der Waals surface area contributed by atoms with Gasteiger partial charge in [-0.15, -0.1) is 0 Å². The summed E-state index contributed by atoms with van der Waals surface area (Å²) in [6.07, 6.45) is 0. The molecule has 0 bridgehead atoms. The van der Waals surface area contributed by atoms with E-state index in [1.54, 1.807) is 0 Å². The van der Waals surface area contributed by atoms with Gasteiger partial charge in [0.05, 0.1) is 18.8 Å². The Morgan fingerprint density at radius 1 is 0.562 bits per heavy atom. The van der Waals surface area contributed by atoms with Crippen LogP contribution >= 0.6 is 0 Å². The Kier molecular flexibility index (Phi) is 9.41. The summed E-state index contributed by atoms with van der Waals surface area (Å²) in [6.45, 7) is 3.87. The number of aliphatic hydroxyl groups excluding tert-OH is 2. The molecule has 4 N–H and O–H groups in total. The van der Waals surface area contributed by atoms with E-state index in [-0.39, 0.29) is 13.2 Å². The quantitative estimate of drug-likeness (QED) is 0.361. The summed E-state index contributed by atoms with van der Waals surface area (Å²) < 4.78 is 0. The van der Waals surface area contributed by atoms with Crippen LogP contribution in [0.5, 0.6) is 0 Å². The highest BCUT2D eigenvalue weighted by Gasteiger charge is 2.41. The van der Waals surface area contributed by atoms with E-state index in [0.29, 0.717) is 26.2 Å². The second-order valence-electron chi connectivity index (χ2n) is 7.87. The SMILES string of the molecule is NCCN(CCN(CCO)CCO)C(c1ccccc1)(c1ccccc1)c1ccccc1. The van der Waals surface area contributed by atoms with Crippen molar-refractivity contribution in [3.05, 3.63) is 108 Å². The van der Waals surface area contributed by atoms with Crippen molar-refractivity contribution in [2.75, 3.05) is 52.5 Å². The van der Waals surface area contributed by atoms with Crippen molar-refractivity contribution in [3.63, 3.8) is 0 Å². The van der Waals surface area contributed by atoms with Gasteiger partial charge in [-0.2, -0.15) is 0 Å². The Balaban J connectivity index is 2.16. The van der Waals surface area contributed by atoms with Crippen molar-refractivity contribution in [1.82, 2.24) is 9.80 Å². The van der Waals surface area contributed by atoms with Crippen molar-refractivity contribution in [2.24, 2.45) is 5.73 Å². The second kappa shape index (κ2) is 12.5. The zero-order valence-corrected chi connectivity index (χ0v) is 18.7. The molecular formula is C27H35N3O2. The molecule has 170 valence electrons. The van der Waals surface area contributed by atoms with Crippen LogP contribution in [0.3, 0.4) is 0 Å². The molecule has 0 heterocycles. The number of benzene rings is 3. The van der Waals surface area contributed by atoms with E-state index in [4.69, 9.17) is 5.73 Å². The summed E-state index contributed by atoms with van der Waals surface area (Å²) in [4.78, 5) is 4.53. The largest absolute Gasteiger partial charge is 0.395 e. The fourth-order valence-corrected chi connectivity index (χ4v) is 4.57. The fourth-order valence-electron chi connectivity index (χ4n) is 4.57. The van der Waals surface area contributed by atoms with Gasteiger partial charge in [-0.1, -0.05) is 91.0 Å². The van der Waals surface area contributed by atoms with Gasteiger partial charge in [0.1, 0.15) is 0 Å². The minimum Gasteiger partial charge on any atom is -0.395 e. The summed E-state index contributed by atoms with van der Waals surface area (Å²) in [5.74, 6) is 0. The van der Waals surface area contributed by atoms with E-state index in [2.05, 4.69) is 82.6 Å². The maximum Gasteiger partial charge on any atom is 0.0973 e. The zero-order chi connectivity index (χ0) is 22.7. The maximum absolute atomic E-state index is 9.47. The third-order valence-corrected chi connectivity index (χ3v) is 5.97. The van der Waals surface area contributed by atoms with Crippen LogP contribution in [0.4, 0.5) is 0 Å². The molecule has 0 atom stereocenters. The number of aliphatic hydroxyl groups is 2. The first-order valence-electron chi connectivity index (χ1n) is 11.3. The monoisotopic (exact) mass is 433 g/mol. The summed E-state index contributed by atoms with van der Waals surface area (Å²) >= 11 is 0. The van der Waals surface area contributed by atoms with Crippen LogP contribution < -0.4 is 5.73 Å². The van der Waals surface area contributed by atoms with Gasteiger partial charge in [-0.3, -0.25) is 9.80 Å². The van der Waals surface area contributed by atoms with Gasteiger partial charge in [0.2, 0.25) is 0 Å². The molecule has 0 unspecified atom stereocenters. The lowest BCUT2D eigenvalue weighted by atomic mass is 9.75. The summed E-state index contributed by atoms with van der Waals surface area (Å²) in [7, 11) is 0. The predicted molar refractivity (Wildman–Crippen MR) is 130 cm³/mol. The Hall–Kier alpha value is -2.54. The minimum atomic E-state index is -0.521. The lowest BCUT2D eigenvalue weighted by Gasteiger charge is -2.46. The molecule has 0 aliphatic rings. The van der Waals surface area contributed by atoms with Gasteiger partial charge >= 0.3 is 0 Å². The van der Waals surface area contributed by atoms with E-state index < -0.39 is 5.54 Å². The molecule has 0 aliphatic heterocycles. The number of rotatable bonds is 13. The summed E-state index contributed by atoms with van der Waals surface area (Å²) in [6, 6.07) is 31.7. The Labute approximate surface area is 191 Å². The van der Waals surface area contributed by atoms with Crippen molar-refractivity contribution in [2.45, 2.75) is 5.54 Å². The van der Waals surface area contributed by atoms with Crippen LogP contribution in [0, 0.1) is 0 Å². The highest BCUT2D eigenvalue weighted by atomic mass is 16.3. The highest BCUT2D eigenvalue weighted by Crippen LogP contribution is 2.42. The first kappa shape index (κ1) is 24.1. The molecule has 0 aromatic heterocycles. The molecule has 0 saturated heterocycles. The molecule has 0 saturated carbocycles. The smallest absolute Gasteiger partial charge is 0.0973 e. The average molecular weight is 434 g/mol. The Bertz CT molecular complexity index is 788. The first-order valence-corrected chi connectivity index (χ1v) is 11.3. The third-order valence-electron chi connectivity index (χ3n) is 5.97. The maximum atomic E-state index is 9.47. The fraction of sp³-hybridized carbons (Fsp3) is 0.333. The van der Waals surface area contributed by atoms with Crippen LogP contribution in [-0.4, -0.2) is 72.5 Å². The Morgan fingerprint density at radius 3 is 1.31 bits per heavy atom. The number of hydrogen-bond donors (Lipinski definition) is 3. The van der Waals surface area contributed by atoms with E-state index in [1.165, 1.54) is 16.7 Å². The Morgan fingerprint density at radius 2 is 0.969 bits per heavy atom. The van der Waals surface area contributed by atoms with E-state index in [1.807, 2.05) is 18.2 Å². The van der Waals surface area contributed by atoms with Crippen molar-refractivity contribution in [1.29, 1.82) is 0 Å². The molecule has 5 heteroatoms. The van der Waals surface area contributed by atoms with Gasteiger partial charge in [-0.05, 0) is 16.7 Å². The van der Waals surface area contributed by atoms with Crippen LogP contribution in [0.2, 0.25) is 0 Å². The normalized spacial score (nSPS) is 11.9. The summed E-state index contributed by atoms with van der Waals surface area (Å²) in [5.41, 5.74) is 9.17. The lowest BCUT2D eigenvalue weighted by Crippen LogP contribution is -2.52. The van der Waals surface area contributed by atoms with Gasteiger partial charge in [-0.25, -0.2) is 0 Å². The van der Waals surface area contributed by atoms with Gasteiger partial charge in [0, 0.05) is 39.3 Å². The minimum absolute atomic E-state index is 0.0675. The molecular weight excluding hydrogens is 398 g/mol. The molecule has 0 amide bonds. The van der Waals surface area contributed by atoms with Crippen LogP contribution in [-0.2, 0) is 5.54 Å². The second-order valence-corrected chi connectivity index (χ2v) is 7.87. The van der Waals surface area contributed by atoms with E-state index in [0.717, 1.165) is 13.1 Å². The number of hydrogen-bond acceptors (Lipinski definition) is 5. The molecule has 32 heavy (non-hydrogen) atoms.